The third-order valence-electron chi connectivity index (χ3n) is 2.93. The van der Waals surface area contributed by atoms with E-state index in [0.29, 0.717) is 24.7 Å². The molecule has 0 radical (unpaired) electrons. The van der Waals surface area contributed by atoms with E-state index in [1.165, 1.54) is 0 Å². The number of nitrogens with two attached hydrogens (primary N) is 1. The highest BCUT2D eigenvalue weighted by Gasteiger charge is 2.10. The first-order valence-electron chi connectivity index (χ1n) is 6.70. The van der Waals surface area contributed by atoms with Gasteiger partial charge in [-0.25, -0.2) is 4.98 Å². The third-order valence-corrected chi connectivity index (χ3v) is 3.89. The molecule has 1 aromatic carbocycles. The number of nitrogens with zero attached hydrogens (tertiary/aromatic N) is 1. The number of hydrogen-bond donors (Lipinski definition) is 1. The molecule has 0 spiro atoms. The molecule has 0 fully saturated rings. The van der Waals surface area contributed by atoms with E-state index in [4.69, 9.17) is 15.2 Å². The molecule has 0 aliphatic carbocycles. The number of methoxy groups -OCH3 is 1. The molecular formula is C15H20N2O2S. The monoisotopic (exact) mass is 292 g/mol. The summed E-state index contributed by atoms with van der Waals surface area (Å²) in [6.07, 6.45) is 2.13. The summed E-state index contributed by atoms with van der Waals surface area (Å²) >= 11 is 1.68. The van der Waals surface area contributed by atoms with Gasteiger partial charge in [-0.15, -0.1) is 11.3 Å². The number of aryl methyl sites for hydroxylation is 1. The molecule has 1 aromatic heterocycles. The lowest BCUT2D eigenvalue weighted by molar-refractivity contribution is 0.278. The van der Waals surface area contributed by atoms with Crippen molar-refractivity contribution in [1.82, 2.24) is 4.98 Å². The first-order valence-corrected chi connectivity index (χ1v) is 7.58. The van der Waals surface area contributed by atoms with E-state index in [1.54, 1.807) is 18.4 Å². The number of para-hydroxylation sites is 1. The SMILES string of the molecule is CCCc1nc(COc2c(CN)cccc2OC)cs1. The van der Waals surface area contributed by atoms with Crippen LogP contribution in [0, 0.1) is 0 Å². The summed E-state index contributed by atoms with van der Waals surface area (Å²) in [5.41, 5.74) is 7.63. The Labute approximate surface area is 123 Å². The smallest absolute Gasteiger partial charge is 0.166 e. The topological polar surface area (TPSA) is 57.4 Å². The number of rotatable bonds is 7. The Balaban J connectivity index is 2.09. The van der Waals surface area contributed by atoms with Crippen LogP contribution >= 0.6 is 11.3 Å². The van der Waals surface area contributed by atoms with Gasteiger partial charge in [0.05, 0.1) is 17.8 Å². The summed E-state index contributed by atoms with van der Waals surface area (Å²) in [5, 5.41) is 3.20. The second-order valence-electron chi connectivity index (χ2n) is 4.42. The molecule has 0 aliphatic rings. The molecule has 0 unspecified atom stereocenters. The van der Waals surface area contributed by atoms with Crippen LogP contribution in [0.1, 0.15) is 29.6 Å². The second kappa shape index (κ2) is 7.26. The van der Waals surface area contributed by atoms with Crippen LogP contribution < -0.4 is 15.2 Å². The molecule has 20 heavy (non-hydrogen) atoms. The lowest BCUT2D eigenvalue weighted by atomic mass is 10.2. The van der Waals surface area contributed by atoms with Gasteiger partial charge in [0.25, 0.3) is 0 Å². The zero-order chi connectivity index (χ0) is 14.4. The molecular weight excluding hydrogens is 272 g/mol. The van der Waals surface area contributed by atoms with Crippen LogP contribution in [0.4, 0.5) is 0 Å². The van der Waals surface area contributed by atoms with Crippen LogP contribution in [0.5, 0.6) is 11.5 Å². The third kappa shape index (κ3) is 3.49. The molecule has 4 nitrogen and oxygen atoms in total. The van der Waals surface area contributed by atoms with Crippen LogP contribution in [0.25, 0.3) is 0 Å². The summed E-state index contributed by atoms with van der Waals surface area (Å²) in [5.74, 6) is 1.42. The summed E-state index contributed by atoms with van der Waals surface area (Å²) in [4.78, 5) is 4.55. The highest BCUT2D eigenvalue weighted by molar-refractivity contribution is 7.09. The molecule has 2 rings (SSSR count). The van der Waals surface area contributed by atoms with Gasteiger partial charge in [-0.1, -0.05) is 19.1 Å². The van der Waals surface area contributed by atoms with Gasteiger partial charge in [0.1, 0.15) is 6.61 Å². The van der Waals surface area contributed by atoms with E-state index in [2.05, 4.69) is 11.9 Å². The van der Waals surface area contributed by atoms with Gasteiger partial charge in [0.15, 0.2) is 11.5 Å². The lowest BCUT2D eigenvalue weighted by Crippen LogP contribution is -2.04. The number of aromatic nitrogens is 1. The average Bonchev–Trinajstić information content (AvgIpc) is 2.92. The largest absolute Gasteiger partial charge is 0.493 e. The van der Waals surface area contributed by atoms with Crippen molar-refractivity contribution >= 4 is 11.3 Å². The molecule has 0 saturated carbocycles. The minimum Gasteiger partial charge on any atom is -0.493 e. The fourth-order valence-corrected chi connectivity index (χ4v) is 2.82. The molecule has 108 valence electrons. The van der Waals surface area contributed by atoms with Crippen LogP contribution in [0.2, 0.25) is 0 Å². The van der Waals surface area contributed by atoms with Crippen molar-refractivity contribution in [2.75, 3.05) is 7.11 Å². The zero-order valence-electron chi connectivity index (χ0n) is 11.9. The molecule has 1 heterocycles. The quantitative estimate of drug-likeness (QED) is 0.851. The summed E-state index contributed by atoms with van der Waals surface area (Å²) in [6.45, 7) is 3.01. The maximum Gasteiger partial charge on any atom is 0.166 e. The van der Waals surface area contributed by atoms with Gasteiger partial charge < -0.3 is 15.2 Å². The highest BCUT2D eigenvalue weighted by atomic mass is 32.1. The Hall–Kier alpha value is -1.59. The van der Waals surface area contributed by atoms with Crippen molar-refractivity contribution in [2.24, 2.45) is 5.73 Å². The van der Waals surface area contributed by atoms with Crippen molar-refractivity contribution in [3.05, 3.63) is 39.8 Å². The van der Waals surface area contributed by atoms with Crippen LogP contribution in [0.15, 0.2) is 23.6 Å². The molecule has 5 heteroatoms. The van der Waals surface area contributed by atoms with Crippen molar-refractivity contribution < 1.29 is 9.47 Å². The van der Waals surface area contributed by atoms with Crippen molar-refractivity contribution in [3.63, 3.8) is 0 Å². The second-order valence-corrected chi connectivity index (χ2v) is 5.37. The standard InChI is InChI=1S/C15H20N2O2S/c1-3-5-14-17-12(10-20-14)9-19-15-11(8-16)6-4-7-13(15)18-2/h4,6-7,10H,3,5,8-9,16H2,1-2H3. The predicted molar refractivity (Wildman–Crippen MR) is 81.3 cm³/mol. The van der Waals surface area contributed by atoms with Gasteiger partial charge in [0.2, 0.25) is 0 Å². The van der Waals surface area contributed by atoms with Gasteiger partial charge in [-0.2, -0.15) is 0 Å². The fourth-order valence-electron chi connectivity index (χ4n) is 1.94. The van der Waals surface area contributed by atoms with Gasteiger partial charge in [-0.05, 0) is 18.9 Å². The maximum absolute atomic E-state index is 5.87. The van der Waals surface area contributed by atoms with Crippen molar-refractivity contribution in [3.8, 4) is 11.5 Å². The number of ether oxygens (including phenoxy) is 2. The summed E-state index contributed by atoms with van der Waals surface area (Å²) in [6, 6.07) is 5.73. The van der Waals surface area contributed by atoms with Crippen LogP contribution in [0.3, 0.4) is 0 Å². The van der Waals surface area contributed by atoms with E-state index in [-0.39, 0.29) is 0 Å². The number of hydrogen-bond acceptors (Lipinski definition) is 5. The Morgan fingerprint density at radius 2 is 2.20 bits per heavy atom. The van der Waals surface area contributed by atoms with Crippen LogP contribution in [-0.4, -0.2) is 12.1 Å². The molecule has 0 saturated heterocycles. The summed E-state index contributed by atoms with van der Waals surface area (Å²) in [7, 11) is 1.63. The average molecular weight is 292 g/mol. The molecule has 0 atom stereocenters. The van der Waals surface area contributed by atoms with E-state index in [9.17, 15) is 0 Å². The maximum atomic E-state index is 5.87. The Morgan fingerprint density at radius 1 is 1.35 bits per heavy atom. The van der Waals surface area contributed by atoms with Crippen molar-refractivity contribution in [1.29, 1.82) is 0 Å². The molecule has 2 N–H and O–H groups in total. The molecule has 0 amide bonds. The predicted octanol–water partition coefficient (Wildman–Crippen LogP) is 3.14. The fraction of sp³-hybridized carbons (Fsp3) is 0.400. The van der Waals surface area contributed by atoms with Gasteiger partial charge in [-0.3, -0.25) is 0 Å². The van der Waals surface area contributed by atoms with Crippen molar-refractivity contribution in [2.45, 2.75) is 32.9 Å². The number of thiazole rings is 1. The minimum absolute atomic E-state index is 0.421. The van der Waals surface area contributed by atoms with E-state index in [1.807, 2.05) is 23.6 Å². The Morgan fingerprint density at radius 3 is 2.90 bits per heavy atom. The molecule has 2 aromatic rings. The van der Waals surface area contributed by atoms with Gasteiger partial charge in [0, 0.05) is 17.5 Å². The minimum atomic E-state index is 0.421. The zero-order valence-corrected chi connectivity index (χ0v) is 12.7. The Kier molecular flexibility index (Phi) is 5.38. The van der Waals surface area contributed by atoms with Crippen LogP contribution in [-0.2, 0) is 19.6 Å². The normalized spacial score (nSPS) is 10.6. The van der Waals surface area contributed by atoms with E-state index < -0.39 is 0 Å². The van der Waals surface area contributed by atoms with Gasteiger partial charge >= 0.3 is 0 Å². The first kappa shape index (κ1) is 14.8. The lowest BCUT2D eigenvalue weighted by Gasteiger charge is -2.13. The molecule has 0 bridgehead atoms. The van der Waals surface area contributed by atoms with E-state index >= 15 is 0 Å². The highest BCUT2D eigenvalue weighted by Crippen LogP contribution is 2.31. The summed E-state index contributed by atoms with van der Waals surface area (Å²) < 4.78 is 11.2. The van der Waals surface area contributed by atoms with E-state index in [0.717, 1.165) is 29.1 Å². The first-order chi connectivity index (χ1) is 9.78. The molecule has 0 aliphatic heterocycles. The number of benzene rings is 1. The Bertz CT molecular complexity index is 532.